The Morgan fingerprint density at radius 2 is 1.13 bits per heavy atom. The van der Waals surface area contributed by atoms with Crippen molar-refractivity contribution in [3.8, 4) is 0 Å². The number of hydrogen-bond donors (Lipinski definition) is 4. The molecule has 2 saturated carbocycles. The summed E-state index contributed by atoms with van der Waals surface area (Å²) in [4.78, 5) is 14.9. The van der Waals surface area contributed by atoms with Crippen LogP contribution >= 0.6 is 0 Å². The fourth-order valence-electron chi connectivity index (χ4n) is 3.92. The van der Waals surface area contributed by atoms with Crippen LogP contribution in [-0.4, -0.2) is 37.5 Å². The van der Waals surface area contributed by atoms with E-state index in [0.717, 1.165) is 25.7 Å². The number of hydrogen-bond acceptors (Lipinski definition) is 8. The molecule has 0 unspecified atom stereocenters. The first-order valence-electron chi connectivity index (χ1n) is 8.66. The lowest BCUT2D eigenvalue weighted by atomic mass is 9.89. The van der Waals surface area contributed by atoms with Gasteiger partial charge < -0.3 is 4.90 Å². The molecule has 1 heterocycles. The lowest BCUT2D eigenvalue weighted by molar-refractivity contribution is 0.333. The van der Waals surface area contributed by atoms with Crippen LogP contribution in [0, 0.1) is 0 Å². The van der Waals surface area contributed by atoms with E-state index in [-0.39, 0.29) is 11.9 Å². The molecule has 0 aliphatic heterocycles. The Balaban J connectivity index is 1.92. The topological polar surface area (TPSA) is 106 Å². The first-order chi connectivity index (χ1) is 11.3. The van der Waals surface area contributed by atoms with Gasteiger partial charge in [0.2, 0.25) is 5.95 Å². The number of nitrogens with zero attached hydrogens (tertiary/aromatic N) is 4. The van der Waals surface area contributed by atoms with Crippen molar-refractivity contribution in [3.63, 3.8) is 0 Å². The van der Waals surface area contributed by atoms with Crippen molar-refractivity contribution < 1.29 is 10.4 Å². The van der Waals surface area contributed by atoms with Crippen molar-refractivity contribution in [1.82, 2.24) is 15.0 Å². The molecule has 0 bridgehead atoms. The van der Waals surface area contributed by atoms with Gasteiger partial charge in [-0.25, -0.2) is 11.0 Å². The molecule has 3 rings (SSSR count). The third kappa shape index (κ3) is 3.81. The Bertz CT molecular complexity index is 462. The summed E-state index contributed by atoms with van der Waals surface area (Å²) >= 11 is 0. The molecule has 128 valence electrons. The highest BCUT2D eigenvalue weighted by Crippen LogP contribution is 2.33. The van der Waals surface area contributed by atoms with E-state index >= 15 is 0 Å². The van der Waals surface area contributed by atoms with E-state index in [1.165, 1.54) is 38.5 Å². The molecule has 8 heteroatoms. The zero-order valence-electron chi connectivity index (χ0n) is 13.4. The van der Waals surface area contributed by atoms with Crippen molar-refractivity contribution in [1.29, 1.82) is 0 Å². The summed E-state index contributed by atoms with van der Waals surface area (Å²) in [7, 11) is 0. The van der Waals surface area contributed by atoms with Crippen LogP contribution in [0.15, 0.2) is 0 Å². The first kappa shape index (κ1) is 16.2. The van der Waals surface area contributed by atoms with E-state index in [1.807, 2.05) is 11.0 Å². The van der Waals surface area contributed by atoms with Crippen molar-refractivity contribution in [2.24, 2.45) is 0 Å². The number of rotatable bonds is 5. The lowest BCUT2D eigenvalue weighted by Gasteiger charge is -2.41. The van der Waals surface area contributed by atoms with Gasteiger partial charge in [0.1, 0.15) is 0 Å². The highest BCUT2D eigenvalue weighted by Gasteiger charge is 2.31. The fraction of sp³-hybridized carbons (Fsp3) is 0.800. The lowest BCUT2D eigenvalue weighted by Crippen LogP contribution is -2.46. The van der Waals surface area contributed by atoms with Crippen LogP contribution in [-0.2, 0) is 0 Å². The average molecular weight is 322 g/mol. The minimum Gasteiger partial charge on any atom is -0.335 e. The molecule has 2 aliphatic rings. The molecule has 23 heavy (non-hydrogen) atoms. The van der Waals surface area contributed by atoms with Crippen LogP contribution < -0.4 is 15.9 Å². The monoisotopic (exact) mass is 322 g/mol. The number of nitrogens with one attached hydrogen (secondary N) is 2. The van der Waals surface area contributed by atoms with Crippen LogP contribution in [0.1, 0.15) is 64.2 Å². The van der Waals surface area contributed by atoms with Gasteiger partial charge in [-0.1, -0.05) is 38.5 Å². The summed E-state index contributed by atoms with van der Waals surface area (Å²) < 4.78 is 0. The van der Waals surface area contributed by atoms with Gasteiger partial charge in [0, 0.05) is 12.1 Å². The molecule has 4 N–H and O–H groups in total. The fourth-order valence-corrected chi connectivity index (χ4v) is 3.92. The third-order valence-corrected chi connectivity index (χ3v) is 4.99. The zero-order valence-corrected chi connectivity index (χ0v) is 13.4. The van der Waals surface area contributed by atoms with E-state index in [4.69, 9.17) is 10.4 Å². The molecule has 1 aromatic heterocycles. The summed E-state index contributed by atoms with van der Waals surface area (Å²) in [5.41, 5.74) is 3.93. The van der Waals surface area contributed by atoms with Crippen molar-refractivity contribution in [2.75, 3.05) is 15.9 Å². The van der Waals surface area contributed by atoms with Crippen molar-refractivity contribution in [3.05, 3.63) is 0 Å². The Morgan fingerprint density at radius 3 is 1.52 bits per heavy atom. The van der Waals surface area contributed by atoms with Crippen LogP contribution in [0.5, 0.6) is 0 Å². The molecule has 0 atom stereocenters. The molecular formula is C15H26N6O2. The molecular weight excluding hydrogens is 296 g/mol. The second-order valence-corrected chi connectivity index (χ2v) is 6.50. The summed E-state index contributed by atoms with van der Waals surface area (Å²) in [5.74, 6) is 0.623. The number of aromatic nitrogens is 3. The molecule has 0 radical (unpaired) electrons. The van der Waals surface area contributed by atoms with E-state index in [9.17, 15) is 0 Å². The number of anilines is 3. The molecule has 0 aromatic carbocycles. The van der Waals surface area contributed by atoms with Gasteiger partial charge >= 0.3 is 0 Å². The Kier molecular flexibility index (Phi) is 5.45. The average Bonchev–Trinajstić information content (AvgIpc) is 2.63. The summed E-state index contributed by atoms with van der Waals surface area (Å²) in [5, 5.41) is 18.3. The van der Waals surface area contributed by atoms with Crippen LogP contribution in [0.3, 0.4) is 0 Å². The maximum absolute atomic E-state index is 9.15. The molecule has 2 fully saturated rings. The highest BCUT2D eigenvalue weighted by atomic mass is 16.5. The minimum atomic E-state index is 0.0446. The molecule has 0 amide bonds. The van der Waals surface area contributed by atoms with E-state index in [1.54, 1.807) is 0 Å². The zero-order chi connectivity index (χ0) is 16.1. The Hall–Kier alpha value is -1.67. The van der Waals surface area contributed by atoms with Gasteiger partial charge in [0.15, 0.2) is 0 Å². The highest BCUT2D eigenvalue weighted by molar-refractivity contribution is 5.44. The normalized spacial score (nSPS) is 20.3. The Morgan fingerprint density at radius 1 is 0.696 bits per heavy atom. The molecule has 2 aliphatic carbocycles. The minimum absolute atomic E-state index is 0.0446. The van der Waals surface area contributed by atoms with Crippen LogP contribution in [0.25, 0.3) is 0 Å². The van der Waals surface area contributed by atoms with E-state index < -0.39 is 0 Å². The van der Waals surface area contributed by atoms with Gasteiger partial charge in [-0.3, -0.25) is 10.4 Å². The molecule has 0 saturated heterocycles. The predicted octanol–water partition coefficient (Wildman–Crippen LogP) is 2.95. The van der Waals surface area contributed by atoms with Crippen LogP contribution in [0.2, 0.25) is 0 Å². The maximum Gasteiger partial charge on any atom is 0.253 e. The van der Waals surface area contributed by atoms with Gasteiger partial charge in [0.25, 0.3) is 11.9 Å². The SMILES string of the molecule is ONc1nc(NO)nc(N(C2CCCCC2)C2CCCCC2)n1. The van der Waals surface area contributed by atoms with Gasteiger partial charge in [-0.2, -0.15) is 15.0 Å². The Labute approximate surface area is 136 Å². The van der Waals surface area contributed by atoms with E-state index in [0.29, 0.717) is 18.0 Å². The van der Waals surface area contributed by atoms with Gasteiger partial charge in [0.05, 0.1) is 0 Å². The van der Waals surface area contributed by atoms with Crippen molar-refractivity contribution >= 4 is 17.8 Å². The maximum atomic E-state index is 9.15. The van der Waals surface area contributed by atoms with Crippen LogP contribution in [0.4, 0.5) is 17.8 Å². The summed E-state index contributed by atoms with van der Waals surface area (Å²) in [6.07, 6.45) is 12.1. The third-order valence-electron chi connectivity index (χ3n) is 4.99. The standard InChI is InChI=1S/C15H26N6O2/c22-19-13-16-14(20-23)18-15(17-13)21(11-7-3-1-4-8-11)12-9-5-2-6-10-12/h11-12,22-23H,1-10H2,(H2,16,17,18,19,20). The molecule has 1 aromatic rings. The predicted molar refractivity (Wildman–Crippen MR) is 86.9 cm³/mol. The second kappa shape index (κ2) is 7.74. The summed E-state index contributed by atoms with van der Waals surface area (Å²) in [6.45, 7) is 0. The van der Waals surface area contributed by atoms with Crippen molar-refractivity contribution in [2.45, 2.75) is 76.3 Å². The second-order valence-electron chi connectivity index (χ2n) is 6.50. The molecule has 0 spiro atoms. The quantitative estimate of drug-likeness (QED) is 0.613. The van der Waals surface area contributed by atoms with Gasteiger partial charge in [-0.05, 0) is 25.7 Å². The van der Waals surface area contributed by atoms with E-state index in [2.05, 4.69) is 19.9 Å². The smallest absolute Gasteiger partial charge is 0.253 e. The van der Waals surface area contributed by atoms with Gasteiger partial charge in [-0.15, -0.1) is 0 Å². The molecule has 8 nitrogen and oxygen atoms in total. The summed E-state index contributed by atoms with van der Waals surface area (Å²) in [6, 6.07) is 0.847. The largest absolute Gasteiger partial charge is 0.335 e. The first-order valence-corrected chi connectivity index (χ1v) is 8.66.